The van der Waals surface area contributed by atoms with Crippen molar-refractivity contribution in [2.75, 3.05) is 11.2 Å². The molecule has 0 saturated heterocycles. The fourth-order valence-corrected chi connectivity index (χ4v) is 7.51. The van der Waals surface area contributed by atoms with Crippen LogP contribution < -0.4 is 15.0 Å². The van der Waals surface area contributed by atoms with Crippen molar-refractivity contribution in [3.05, 3.63) is 114 Å². The lowest BCUT2D eigenvalue weighted by Crippen LogP contribution is -2.44. The molecular formula is C38H38N2O6S2. The van der Waals surface area contributed by atoms with E-state index in [0.29, 0.717) is 50.9 Å². The fourth-order valence-electron chi connectivity index (χ4n) is 5.82. The molecular weight excluding hydrogens is 645 g/mol. The number of fused-ring (bicyclic) bond motifs is 1. The Bertz CT molecular complexity index is 1770. The van der Waals surface area contributed by atoms with E-state index in [2.05, 4.69) is 5.32 Å². The van der Waals surface area contributed by atoms with Gasteiger partial charge in [0.2, 0.25) is 17.1 Å². The molecule has 48 heavy (non-hydrogen) atoms. The molecule has 0 aromatic heterocycles. The highest BCUT2D eigenvalue weighted by molar-refractivity contribution is 8.14. The first-order valence-electron chi connectivity index (χ1n) is 15.9. The quantitative estimate of drug-likeness (QED) is 0.107. The summed E-state index contributed by atoms with van der Waals surface area (Å²) in [6.45, 7) is 3.92. The van der Waals surface area contributed by atoms with Crippen LogP contribution in [0.1, 0.15) is 62.8 Å². The second-order valence-corrected chi connectivity index (χ2v) is 13.3. The lowest BCUT2D eigenvalue weighted by Gasteiger charge is -2.33. The van der Waals surface area contributed by atoms with E-state index in [0.717, 1.165) is 24.6 Å². The minimum Gasteiger partial charge on any atom is -0.479 e. The van der Waals surface area contributed by atoms with Crippen LogP contribution in [0.3, 0.4) is 0 Å². The van der Waals surface area contributed by atoms with Crippen molar-refractivity contribution in [1.29, 1.82) is 0 Å². The molecule has 248 valence electrons. The summed E-state index contributed by atoms with van der Waals surface area (Å²) in [6, 6.07) is 28.9. The van der Waals surface area contributed by atoms with Gasteiger partial charge in [0.25, 0.3) is 5.91 Å². The smallest absolute Gasteiger partial charge is 0.330 e. The molecule has 2 unspecified atom stereocenters. The number of aliphatic carboxylic acids is 1. The number of carboxylic acids is 1. The van der Waals surface area contributed by atoms with E-state index in [1.807, 2.05) is 62.6 Å². The number of carbonyl (C=O) groups excluding carboxylic acids is 3. The number of anilines is 2. The molecule has 0 aliphatic carbocycles. The maximum Gasteiger partial charge on any atom is 0.330 e. The number of hydrogen-bond donors (Lipinski definition) is 2. The summed E-state index contributed by atoms with van der Waals surface area (Å²) >= 11 is 2.40. The third kappa shape index (κ3) is 7.15. The summed E-state index contributed by atoms with van der Waals surface area (Å²) in [5.41, 5.74) is 0.929. The summed E-state index contributed by atoms with van der Waals surface area (Å²) in [5, 5.41) is 12.4. The van der Waals surface area contributed by atoms with Gasteiger partial charge in [-0.2, -0.15) is 0 Å². The zero-order valence-electron chi connectivity index (χ0n) is 27.1. The van der Waals surface area contributed by atoms with Crippen LogP contribution >= 0.6 is 23.5 Å². The van der Waals surface area contributed by atoms with Crippen LogP contribution in [0.25, 0.3) is 0 Å². The van der Waals surface area contributed by atoms with Crippen LogP contribution in [0.5, 0.6) is 5.75 Å². The van der Waals surface area contributed by atoms with Crippen molar-refractivity contribution >= 4 is 57.8 Å². The highest BCUT2D eigenvalue weighted by atomic mass is 32.2. The van der Waals surface area contributed by atoms with E-state index < -0.39 is 29.4 Å². The molecule has 5 rings (SSSR count). The molecule has 1 heterocycles. The Morgan fingerprint density at radius 3 is 2.08 bits per heavy atom. The number of ether oxygens (including phenoxy) is 1. The summed E-state index contributed by atoms with van der Waals surface area (Å²) in [5.74, 6) is -1.79. The number of carbonyl (C=O) groups is 4. The SMILES string of the molecule is CCCCC1(CC)C(=O)Sc2cc(OC(C(=O)N[C@@H](C(=O)O)c3ccccc3)c3ccccc3)c(SC)cc2N(c2ccccc2)C1=O. The van der Waals surface area contributed by atoms with Crippen LogP contribution in [0.4, 0.5) is 11.4 Å². The molecule has 3 atom stereocenters. The first-order chi connectivity index (χ1) is 23.2. The zero-order valence-corrected chi connectivity index (χ0v) is 28.7. The summed E-state index contributed by atoms with van der Waals surface area (Å²) in [7, 11) is 0. The number of nitrogens with one attached hydrogen (secondary N) is 1. The van der Waals surface area contributed by atoms with Gasteiger partial charge in [0.1, 0.15) is 11.2 Å². The van der Waals surface area contributed by atoms with Crippen molar-refractivity contribution in [1.82, 2.24) is 5.32 Å². The normalized spacial score (nSPS) is 17.2. The van der Waals surface area contributed by atoms with Crippen molar-refractivity contribution in [2.24, 2.45) is 5.41 Å². The monoisotopic (exact) mass is 682 g/mol. The number of hydrogen-bond acceptors (Lipinski definition) is 7. The van der Waals surface area contributed by atoms with E-state index in [9.17, 15) is 24.3 Å². The Morgan fingerprint density at radius 2 is 1.52 bits per heavy atom. The number of unbranched alkanes of at least 4 members (excludes halogenated alkanes) is 1. The largest absolute Gasteiger partial charge is 0.479 e. The molecule has 1 aliphatic heterocycles. The van der Waals surface area contributed by atoms with Crippen LogP contribution in [0.2, 0.25) is 0 Å². The Balaban J connectivity index is 1.60. The minimum atomic E-state index is -1.30. The molecule has 0 spiro atoms. The molecule has 0 radical (unpaired) electrons. The van der Waals surface area contributed by atoms with Crippen molar-refractivity contribution in [3.8, 4) is 5.75 Å². The topological polar surface area (TPSA) is 113 Å². The molecule has 1 aliphatic rings. The number of nitrogens with zero attached hydrogens (tertiary/aromatic N) is 1. The molecule has 2 amide bonds. The van der Waals surface area contributed by atoms with Gasteiger partial charge in [-0.15, -0.1) is 11.8 Å². The number of amides is 2. The van der Waals surface area contributed by atoms with Crippen LogP contribution in [-0.4, -0.2) is 34.3 Å². The van der Waals surface area contributed by atoms with Gasteiger partial charge in [0.05, 0.1) is 10.6 Å². The molecule has 0 bridgehead atoms. The van der Waals surface area contributed by atoms with E-state index >= 15 is 0 Å². The standard InChI is InChI=1S/C38H38N2O6S2/c1-4-6-22-38(5-2)36(44)40(27-20-14-9-15-21-27)28-23-31(47-3)29(24-30(28)48-37(38)45)46-33(26-18-12-8-13-19-26)34(41)39-32(35(42)43)25-16-10-7-11-17-25/h7-21,23-24,32-33H,4-6,22H2,1-3H3,(H,39,41)(H,42,43)/t32-,33?,38?/m1/s1. The Labute approximate surface area is 289 Å². The van der Waals surface area contributed by atoms with Crippen LogP contribution in [-0.2, 0) is 19.2 Å². The predicted octanol–water partition coefficient (Wildman–Crippen LogP) is 8.35. The Morgan fingerprint density at radius 1 is 0.917 bits per heavy atom. The average Bonchev–Trinajstić information content (AvgIpc) is 3.20. The van der Waals surface area contributed by atoms with Crippen molar-refractivity contribution in [3.63, 3.8) is 0 Å². The molecule has 0 saturated carbocycles. The third-order valence-corrected chi connectivity index (χ3v) is 10.4. The lowest BCUT2D eigenvalue weighted by atomic mass is 9.79. The number of rotatable bonds is 13. The Hall–Kier alpha value is -4.54. The second-order valence-electron chi connectivity index (χ2n) is 11.5. The molecule has 2 N–H and O–H groups in total. The summed E-state index contributed by atoms with van der Waals surface area (Å²) in [4.78, 5) is 57.6. The second kappa shape index (κ2) is 15.6. The highest BCUT2D eigenvalue weighted by Crippen LogP contribution is 2.51. The molecule has 4 aromatic rings. The summed E-state index contributed by atoms with van der Waals surface area (Å²) in [6.07, 6.45) is 3.00. The highest BCUT2D eigenvalue weighted by Gasteiger charge is 2.50. The predicted molar refractivity (Wildman–Crippen MR) is 190 cm³/mol. The van der Waals surface area contributed by atoms with E-state index in [4.69, 9.17) is 4.74 Å². The Kier molecular flexibility index (Phi) is 11.3. The van der Waals surface area contributed by atoms with Gasteiger partial charge >= 0.3 is 5.97 Å². The van der Waals surface area contributed by atoms with Gasteiger partial charge in [0.15, 0.2) is 6.04 Å². The molecule has 8 nitrogen and oxygen atoms in total. The molecule has 0 fully saturated rings. The zero-order chi connectivity index (χ0) is 34.3. The lowest BCUT2D eigenvalue weighted by molar-refractivity contribution is -0.143. The first kappa shape index (κ1) is 34.8. The van der Waals surface area contributed by atoms with Gasteiger partial charge < -0.3 is 15.2 Å². The van der Waals surface area contributed by atoms with Gasteiger partial charge in [-0.25, -0.2) is 4.79 Å². The first-order valence-corrected chi connectivity index (χ1v) is 17.9. The van der Waals surface area contributed by atoms with Gasteiger partial charge in [-0.1, -0.05) is 106 Å². The van der Waals surface area contributed by atoms with Crippen LogP contribution in [0, 0.1) is 5.41 Å². The van der Waals surface area contributed by atoms with Gasteiger partial charge in [-0.05, 0) is 60.7 Å². The molecule has 4 aromatic carbocycles. The van der Waals surface area contributed by atoms with E-state index in [1.165, 1.54) is 11.8 Å². The van der Waals surface area contributed by atoms with Crippen molar-refractivity contribution < 1.29 is 29.0 Å². The number of carboxylic acid groups (broad SMARTS) is 1. The van der Waals surface area contributed by atoms with E-state index in [-0.39, 0.29) is 11.0 Å². The minimum absolute atomic E-state index is 0.226. The number of benzene rings is 4. The van der Waals surface area contributed by atoms with E-state index in [1.54, 1.807) is 65.6 Å². The maximum absolute atomic E-state index is 14.5. The number of thioether (sulfide) groups is 2. The average molecular weight is 683 g/mol. The van der Waals surface area contributed by atoms with Gasteiger partial charge in [-0.3, -0.25) is 19.3 Å². The molecule has 10 heteroatoms. The number of para-hydroxylation sites is 1. The fraction of sp³-hybridized carbons (Fsp3) is 0.263. The van der Waals surface area contributed by atoms with Gasteiger partial charge in [0, 0.05) is 16.1 Å². The van der Waals surface area contributed by atoms with Crippen molar-refractivity contribution in [2.45, 2.75) is 61.5 Å². The third-order valence-electron chi connectivity index (χ3n) is 8.52. The van der Waals surface area contributed by atoms with Crippen LogP contribution in [0.15, 0.2) is 113 Å². The summed E-state index contributed by atoms with van der Waals surface area (Å²) < 4.78 is 6.50. The maximum atomic E-state index is 14.5.